The molecule has 1 N–H and O–H groups in total. The first kappa shape index (κ1) is 18.0. The number of nitrogens with zero attached hydrogens (tertiary/aromatic N) is 2. The number of aryl methyl sites for hydroxylation is 2. The van der Waals surface area contributed by atoms with Crippen LogP contribution in [0.1, 0.15) is 37.6 Å². The van der Waals surface area contributed by atoms with Gasteiger partial charge < -0.3 is 14.8 Å². The molecule has 5 nitrogen and oxygen atoms in total. The Kier molecular flexibility index (Phi) is 7.33. The minimum absolute atomic E-state index is 0.640. The lowest BCUT2D eigenvalue weighted by Crippen LogP contribution is -2.08. The zero-order valence-corrected chi connectivity index (χ0v) is 14.8. The van der Waals surface area contributed by atoms with Gasteiger partial charge in [-0.25, -0.2) is 9.97 Å². The Morgan fingerprint density at radius 3 is 2.62 bits per heavy atom. The molecule has 0 aliphatic carbocycles. The first-order valence-corrected chi connectivity index (χ1v) is 8.56. The highest BCUT2D eigenvalue weighted by Gasteiger charge is 2.06. The minimum atomic E-state index is 0.640. The molecule has 2 rings (SSSR count). The van der Waals surface area contributed by atoms with Crippen molar-refractivity contribution in [2.24, 2.45) is 0 Å². The summed E-state index contributed by atoms with van der Waals surface area (Å²) >= 11 is 0. The van der Waals surface area contributed by atoms with E-state index >= 15 is 0 Å². The summed E-state index contributed by atoms with van der Waals surface area (Å²) in [6, 6.07) is 8.15. The fourth-order valence-electron chi connectivity index (χ4n) is 2.33. The largest absolute Gasteiger partial charge is 0.497 e. The normalized spacial score (nSPS) is 10.5. The summed E-state index contributed by atoms with van der Waals surface area (Å²) in [5.74, 6) is 3.15. The van der Waals surface area contributed by atoms with Crippen molar-refractivity contribution >= 4 is 5.82 Å². The van der Waals surface area contributed by atoms with Crippen LogP contribution in [0.5, 0.6) is 11.5 Å². The molecule has 130 valence electrons. The van der Waals surface area contributed by atoms with Crippen LogP contribution in [0.2, 0.25) is 0 Å². The van der Waals surface area contributed by atoms with Gasteiger partial charge in [0.05, 0.1) is 19.9 Å². The quantitative estimate of drug-likeness (QED) is 0.667. The average molecular weight is 329 g/mol. The molecule has 0 aliphatic heterocycles. The van der Waals surface area contributed by atoms with Crippen LogP contribution in [-0.2, 0) is 6.42 Å². The Balaban J connectivity index is 1.82. The van der Waals surface area contributed by atoms with Gasteiger partial charge in [0.2, 0.25) is 0 Å². The maximum atomic E-state index is 5.88. The number of methoxy groups -OCH3 is 1. The van der Waals surface area contributed by atoms with Crippen molar-refractivity contribution in [1.82, 2.24) is 9.97 Å². The summed E-state index contributed by atoms with van der Waals surface area (Å²) in [6.07, 6.45) is 5.92. The first-order chi connectivity index (χ1) is 11.7. The summed E-state index contributed by atoms with van der Waals surface area (Å²) in [5.41, 5.74) is 1.28. The number of hydrogen-bond acceptors (Lipinski definition) is 5. The molecule has 0 unspecified atom stereocenters. The molecule has 0 spiro atoms. The molecule has 0 bridgehead atoms. The van der Waals surface area contributed by atoms with Gasteiger partial charge in [0.15, 0.2) is 11.6 Å². The molecule has 5 heteroatoms. The van der Waals surface area contributed by atoms with E-state index in [1.807, 2.05) is 19.1 Å². The van der Waals surface area contributed by atoms with Crippen LogP contribution in [0, 0.1) is 6.92 Å². The molecule has 0 aliphatic rings. The number of nitrogens with one attached hydrogen (secondary N) is 1. The number of benzene rings is 1. The average Bonchev–Trinajstić information content (AvgIpc) is 2.61. The van der Waals surface area contributed by atoms with Crippen LogP contribution in [0.15, 0.2) is 30.5 Å². The maximum Gasteiger partial charge on any atom is 0.179 e. The molecule has 1 heterocycles. The molecule has 0 atom stereocenters. The van der Waals surface area contributed by atoms with Crippen molar-refractivity contribution in [3.8, 4) is 11.5 Å². The Hall–Kier alpha value is -2.30. The van der Waals surface area contributed by atoms with Gasteiger partial charge in [-0.1, -0.05) is 25.5 Å². The molecule has 2 aromatic rings. The molecule has 1 aromatic carbocycles. The van der Waals surface area contributed by atoms with E-state index < -0.39 is 0 Å². The number of unbranched alkanes of at least 4 members (excludes halogenated alkanes) is 1. The van der Waals surface area contributed by atoms with Crippen molar-refractivity contribution < 1.29 is 9.47 Å². The molecule has 0 radical (unpaired) electrons. The second kappa shape index (κ2) is 9.75. The predicted octanol–water partition coefficient (Wildman–Crippen LogP) is 4.02. The molecule has 0 saturated heterocycles. The second-order valence-corrected chi connectivity index (χ2v) is 5.71. The van der Waals surface area contributed by atoms with Crippen LogP contribution in [-0.4, -0.2) is 30.2 Å². The Labute approximate surface area is 144 Å². The lowest BCUT2D eigenvalue weighted by atomic mass is 10.1. The lowest BCUT2D eigenvalue weighted by molar-refractivity contribution is 0.310. The molecule has 0 saturated carbocycles. The van der Waals surface area contributed by atoms with Gasteiger partial charge in [-0.15, -0.1) is 0 Å². The van der Waals surface area contributed by atoms with Crippen molar-refractivity contribution in [2.75, 3.05) is 25.6 Å². The van der Waals surface area contributed by atoms with E-state index in [0.29, 0.717) is 6.61 Å². The zero-order valence-electron chi connectivity index (χ0n) is 14.8. The van der Waals surface area contributed by atoms with E-state index in [1.54, 1.807) is 13.3 Å². The van der Waals surface area contributed by atoms with Crippen LogP contribution in [0.25, 0.3) is 0 Å². The van der Waals surface area contributed by atoms with Crippen molar-refractivity contribution in [3.63, 3.8) is 0 Å². The molecule has 24 heavy (non-hydrogen) atoms. The van der Waals surface area contributed by atoms with Crippen molar-refractivity contribution in [2.45, 2.75) is 39.5 Å². The maximum absolute atomic E-state index is 5.88. The number of anilines is 1. The van der Waals surface area contributed by atoms with E-state index in [2.05, 4.69) is 34.3 Å². The van der Waals surface area contributed by atoms with Crippen LogP contribution in [0.4, 0.5) is 5.82 Å². The van der Waals surface area contributed by atoms with Gasteiger partial charge in [-0.05, 0) is 43.9 Å². The molecule has 1 aromatic heterocycles. The van der Waals surface area contributed by atoms with Gasteiger partial charge in [0.1, 0.15) is 11.6 Å². The highest BCUT2D eigenvalue weighted by Crippen LogP contribution is 2.21. The highest BCUT2D eigenvalue weighted by molar-refractivity contribution is 5.48. The van der Waals surface area contributed by atoms with Gasteiger partial charge in [-0.2, -0.15) is 0 Å². The third-order valence-corrected chi connectivity index (χ3v) is 3.72. The fraction of sp³-hybridized carbons (Fsp3) is 0.474. The minimum Gasteiger partial charge on any atom is -0.497 e. The SMILES string of the molecule is CCCCNc1nc(C)ncc1OCCCc1ccc(OC)cc1. The predicted molar refractivity (Wildman–Crippen MR) is 97.0 cm³/mol. The number of aromatic nitrogens is 2. The van der Waals surface area contributed by atoms with E-state index in [1.165, 1.54) is 5.56 Å². The standard InChI is InChI=1S/C19H27N3O2/c1-4-5-12-20-19-18(14-21-15(2)22-19)24-13-6-7-16-8-10-17(23-3)11-9-16/h8-11,14H,4-7,12-13H2,1-3H3,(H,20,21,22). The summed E-state index contributed by atoms with van der Waals surface area (Å²) in [4.78, 5) is 8.67. The zero-order chi connectivity index (χ0) is 17.2. The van der Waals surface area contributed by atoms with Crippen LogP contribution >= 0.6 is 0 Å². The van der Waals surface area contributed by atoms with Crippen molar-refractivity contribution in [3.05, 3.63) is 41.9 Å². The summed E-state index contributed by atoms with van der Waals surface area (Å²) in [7, 11) is 1.68. The first-order valence-electron chi connectivity index (χ1n) is 8.56. The Bertz CT molecular complexity index is 615. The van der Waals surface area contributed by atoms with Gasteiger partial charge >= 0.3 is 0 Å². The van der Waals surface area contributed by atoms with E-state index in [-0.39, 0.29) is 0 Å². The molecular weight excluding hydrogens is 302 g/mol. The molecular formula is C19H27N3O2. The van der Waals surface area contributed by atoms with Gasteiger partial charge in [0, 0.05) is 6.54 Å². The number of hydrogen-bond donors (Lipinski definition) is 1. The Morgan fingerprint density at radius 1 is 1.12 bits per heavy atom. The van der Waals surface area contributed by atoms with Crippen LogP contribution < -0.4 is 14.8 Å². The third-order valence-electron chi connectivity index (χ3n) is 3.72. The van der Waals surface area contributed by atoms with E-state index in [0.717, 1.165) is 55.4 Å². The molecule has 0 amide bonds. The summed E-state index contributed by atoms with van der Waals surface area (Å²) < 4.78 is 11.0. The fourth-order valence-corrected chi connectivity index (χ4v) is 2.33. The number of rotatable bonds is 10. The van der Waals surface area contributed by atoms with Crippen molar-refractivity contribution in [1.29, 1.82) is 0 Å². The third kappa shape index (κ3) is 5.72. The summed E-state index contributed by atoms with van der Waals surface area (Å²) in [6.45, 7) is 5.60. The Morgan fingerprint density at radius 2 is 1.92 bits per heavy atom. The topological polar surface area (TPSA) is 56.3 Å². The second-order valence-electron chi connectivity index (χ2n) is 5.71. The number of ether oxygens (including phenoxy) is 2. The van der Waals surface area contributed by atoms with E-state index in [4.69, 9.17) is 9.47 Å². The van der Waals surface area contributed by atoms with Crippen LogP contribution in [0.3, 0.4) is 0 Å². The summed E-state index contributed by atoms with van der Waals surface area (Å²) in [5, 5.41) is 3.34. The van der Waals surface area contributed by atoms with Gasteiger partial charge in [-0.3, -0.25) is 0 Å². The van der Waals surface area contributed by atoms with Gasteiger partial charge in [0.25, 0.3) is 0 Å². The monoisotopic (exact) mass is 329 g/mol. The molecule has 0 fully saturated rings. The highest BCUT2D eigenvalue weighted by atomic mass is 16.5. The smallest absolute Gasteiger partial charge is 0.179 e. The van der Waals surface area contributed by atoms with E-state index in [9.17, 15) is 0 Å². The lowest BCUT2D eigenvalue weighted by Gasteiger charge is -2.12.